The Morgan fingerprint density at radius 3 is 2.85 bits per heavy atom. The number of carbonyl (C=O) groups is 1. The summed E-state index contributed by atoms with van der Waals surface area (Å²) in [7, 11) is 1.65. The van der Waals surface area contributed by atoms with E-state index < -0.39 is 0 Å². The Balaban J connectivity index is 1.67. The number of Topliss-reactive ketones (excluding diaryl/α,β-unsaturated/α-hetero) is 1. The molecule has 0 unspecified atom stereocenters. The molecular formula is C23H25NO2S. The molecule has 2 heterocycles. The van der Waals surface area contributed by atoms with Crippen molar-refractivity contribution in [2.45, 2.75) is 39.7 Å². The third kappa shape index (κ3) is 3.81. The fourth-order valence-corrected chi connectivity index (χ4v) is 4.96. The van der Waals surface area contributed by atoms with Crippen LogP contribution >= 0.6 is 11.3 Å². The van der Waals surface area contributed by atoms with Crippen molar-refractivity contribution in [3.8, 4) is 28.0 Å². The summed E-state index contributed by atoms with van der Waals surface area (Å²) in [6.45, 7) is 7.07. The van der Waals surface area contributed by atoms with Crippen LogP contribution in [0.3, 0.4) is 0 Å². The van der Waals surface area contributed by atoms with Crippen molar-refractivity contribution in [2.24, 2.45) is 5.92 Å². The maximum absolute atomic E-state index is 12.4. The van der Waals surface area contributed by atoms with E-state index in [1.54, 1.807) is 14.0 Å². The van der Waals surface area contributed by atoms with Gasteiger partial charge in [-0.05, 0) is 74.3 Å². The van der Waals surface area contributed by atoms with E-state index in [2.05, 4.69) is 22.8 Å². The number of fused-ring (bicyclic) bond motifs is 1. The van der Waals surface area contributed by atoms with Crippen molar-refractivity contribution in [1.82, 2.24) is 4.90 Å². The lowest BCUT2D eigenvalue weighted by molar-refractivity contribution is 0.105. The number of hydrogen-bond donors (Lipinski definition) is 0. The summed E-state index contributed by atoms with van der Waals surface area (Å²) in [6.07, 6.45) is 3.93. The summed E-state index contributed by atoms with van der Waals surface area (Å²) in [5.74, 6) is 6.90. The van der Waals surface area contributed by atoms with Crippen LogP contribution in [0.5, 0.6) is 5.75 Å². The van der Waals surface area contributed by atoms with Crippen LogP contribution in [0.2, 0.25) is 0 Å². The highest BCUT2D eigenvalue weighted by Gasteiger charge is 2.27. The molecule has 1 aromatic heterocycles. The third-order valence-corrected chi connectivity index (χ3v) is 6.79. The topological polar surface area (TPSA) is 29.5 Å². The van der Waals surface area contributed by atoms with Gasteiger partial charge in [-0.1, -0.05) is 5.92 Å². The van der Waals surface area contributed by atoms with Gasteiger partial charge in [0.2, 0.25) is 5.78 Å². The Morgan fingerprint density at radius 1 is 1.33 bits per heavy atom. The first kappa shape index (κ1) is 18.3. The number of thiophene rings is 1. The summed E-state index contributed by atoms with van der Waals surface area (Å²) in [6, 6.07) is 6.33. The zero-order valence-corrected chi connectivity index (χ0v) is 17.0. The first-order valence-electron chi connectivity index (χ1n) is 9.59. The van der Waals surface area contributed by atoms with Crippen molar-refractivity contribution >= 4 is 17.1 Å². The molecule has 0 atom stereocenters. The van der Waals surface area contributed by atoms with Gasteiger partial charge in [-0.3, -0.25) is 9.69 Å². The van der Waals surface area contributed by atoms with Gasteiger partial charge in [0, 0.05) is 40.5 Å². The zero-order chi connectivity index (χ0) is 19.0. The number of hydrogen-bond acceptors (Lipinski definition) is 4. The van der Waals surface area contributed by atoms with Crippen molar-refractivity contribution in [1.29, 1.82) is 0 Å². The average Bonchev–Trinajstić information content (AvgIpc) is 3.37. The first-order chi connectivity index (χ1) is 13.1. The second-order valence-electron chi connectivity index (χ2n) is 7.54. The fourth-order valence-electron chi connectivity index (χ4n) is 3.81. The molecule has 1 aliphatic heterocycles. The van der Waals surface area contributed by atoms with Crippen LogP contribution in [-0.4, -0.2) is 30.9 Å². The van der Waals surface area contributed by atoms with Crippen LogP contribution in [0.1, 0.15) is 46.1 Å². The molecule has 3 nitrogen and oxygen atoms in total. The molecule has 2 aromatic rings. The maximum atomic E-state index is 12.4. The lowest BCUT2D eigenvalue weighted by atomic mass is 9.99. The molecule has 1 saturated carbocycles. The molecule has 1 aromatic carbocycles. The molecule has 0 N–H and O–H groups in total. The fraction of sp³-hybridized carbons (Fsp3) is 0.435. The number of nitrogens with zero attached hydrogens (tertiary/aromatic N) is 1. The van der Waals surface area contributed by atoms with Gasteiger partial charge in [-0.2, -0.15) is 0 Å². The standard InChI is InChI=1S/C23H25NO2S/c1-4-5-20(25)19-10-17(11-21(26-3)15(19)2)23-12-18-14-24(13-16-6-7-16)9-8-22(18)27-23/h10-12,16H,6-9,13-14H2,1-3H3. The minimum Gasteiger partial charge on any atom is -0.496 e. The second-order valence-corrected chi connectivity index (χ2v) is 8.68. The molecule has 27 heavy (non-hydrogen) atoms. The highest BCUT2D eigenvalue weighted by atomic mass is 32.1. The van der Waals surface area contributed by atoms with Gasteiger partial charge in [-0.25, -0.2) is 0 Å². The lowest BCUT2D eigenvalue weighted by Gasteiger charge is -2.26. The van der Waals surface area contributed by atoms with Crippen molar-refractivity contribution < 1.29 is 9.53 Å². The monoisotopic (exact) mass is 379 g/mol. The summed E-state index contributed by atoms with van der Waals surface area (Å²) in [4.78, 5) is 17.7. The van der Waals surface area contributed by atoms with Crippen LogP contribution < -0.4 is 4.74 Å². The maximum Gasteiger partial charge on any atom is 0.236 e. The molecule has 0 saturated heterocycles. The smallest absolute Gasteiger partial charge is 0.236 e. The Labute approximate surface area is 165 Å². The quantitative estimate of drug-likeness (QED) is 0.428. The van der Waals surface area contributed by atoms with E-state index in [9.17, 15) is 4.79 Å². The minimum atomic E-state index is -0.146. The summed E-state index contributed by atoms with van der Waals surface area (Å²) >= 11 is 1.85. The normalized spacial score (nSPS) is 16.4. The van der Waals surface area contributed by atoms with Gasteiger partial charge in [0.15, 0.2) is 0 Å². The van der Waals surface area contributed by atoms with E-state index in [0.717, 1.165) is 42.3 Å². The van der Waals surface area contributed by atoms with Gasteiger partial charge < -0.3 is 4.74 Å². The Bertz CT molecular complexity index is 943. The Hall–Kier alpha value is -2.09. The molecule has 1 aliphatic carbocycles. The van der Waals surface area contributed by atoms with E-state index in [0.29, 0.717) is 5.56 Å². The second kappa shape index (κ2) is 7.50. The van der Waals surface area contributed by atoms with E-state index in [1.165, 1.54) is 34.7 Å². The van der Waals surface area contributed by atoms with Crippen LogP contribution in [0, 0.1) is 24.7 Å². The van der Waals surface area contributed by atoms with E-state index in [-0.39, 0.29) is 5.78 Å². The largest absolute Gasteiger partial charge is 0.496 e. The molecule has 4 rings (SSSR count). The summed E-state index contributed by atoms with van der Waals surface area (Å²) < 4.78 is 5.54. The number of ketones is 1. The van der Waals surface area contributed by atoms with E-state index in [4.69, 9.17) is 4.74 Å². The molecule has 0 bridgehead atoms. The predicted octanol–water partition coefficient (Wildman–Crippen LogP) is 4.71. The molecule has 1 fully saturated rings. The number of rotatable bonds is 5. The lowest BCUT2D eigenvalue weighted by Crippen LogP contribution is -2.31. The molecule has 4 heteroatoms. The van der Waals surface area contributed by atoms with Crippen LogP contribution in [0.25, 0.3) is 10.4 Å². The van der Waals surface area contributed by atoms with Gasteiger partial charge >= 0.3 is 0 Å². The number of carbonyl (C=O) groups excluding carboxylic acids is 1. The van der Waals surface area contributed by atoms with Crippen molar-refractivity contribution in [2.75, 3.05) is 20.2 Å². The van der Waals surface area contributed by atoms with Crippen LogP contribution in [0.4, 0.5) is 0 Å². The van der Waals surface area contributed by atoms with Crippen LogP contribution in [0.15, 0.2) is 18.2 Å². The number of benzene rings is 1. The van der Waals surface area contributed by atoms with E-state index >= 15 is 0 Å². The first-order valence-corrected chi connectivity index (χ1v) is 10.4. The van der Waals surface area contributed by atoms with Gasteiger partial charge in [0.25, 0.3) is 0 Å². The highest BCUT2D eigenvalue weighted by molar-refractivity contribution is 7.15. The van der Waals surface area contributed by atoms with Crippen molar-refractivity contribution in [3.63, 3.8) is 0 Å². The molecule has 140 valence electrons. The minimum absolute atomic E-state index is 0.146. The molecule has 0 radical (unpaired) electrons. The average molecular weight is 380 g/mol. The van der Waals surface area contributed by atoms with Gasteiger partial charge in [0.1, 0.15) is 5.75 Å². The number of methoxy groups -OCH3 is 1. The summed E-state index contributed by atoms with van der Waals surface area (Å²) in [5.41, 5.74) is 3.99. The molecule has 0 amide bonds. The highest BCUT2D eigenvalue weighted by Crippen LogP contribution is 2.39. The third-order valence-electron chi connectivity index (χ3n) is 5.51. The zero-order valence-electron chi connectivity index (χ0n) is 16.2. The molecule has 0 spiro atoms. The van der Waals surface area contributed by atoms with E-state index in [1.807, 2.05) is 30.4 Å². The Morgan fingerprint density at radius 2 is 2.15 bits per heavy atom. The summed E-state index contributed by atoms with van der Waals surface area (Å²) in [5, 5.41) is 0. The Kier molecular flexibility index (Phi) is 5.08. The SMILES string of the molecule is CC#CC(=O)c1cc(-c2cc3c(s2)CCN(CC2CC2)C3)cc(OC)c1C. The predicted molar refractivity (Wildman–Crippen MR) is 111 cm³/mol. The van der Waals surface area contributed by atoms with Crippen molar-refractivity contribution in [3.05, 3.63) is 39.8 Å². The van der Waals surface area contributed by atoms with Gasteiger partial charge in [0.05, 0.1) is 7.11 Å². The molecule has 2 aliphatic rings. The van der Waals surface area contributed by atoms with Crippen LogP contribution in [-0.2, 0) is 13.0 Å². The number of ether oxygens (including phenoxy) is 1. The molecular weight excluding hydrogens is 354 g/mol. The van der Waals surface area contributed by atoms with Gasteiger partial charge in [-0.15, -0.1) is 11.3 Å².